The number of likely N-dealkylation sites (N-methyl/N-ethyl adjacent to an activating group) is 1. The first kappa shape index (κ1) is 14.8. The molecule has 2 heteroatoms. The smallest absolute Gasteiger partial charge is 0.0150 e. The number of rotatable bonds is 6. The Morgan fingerprint density at radius 2 is 1.71 bits per heavy atom. The van der Waals surface area contributed by atoms with E-state index in [1.165, 1.54) is 29.0 Å². The maximum atomic E-state index is 3.74. The van der Waals surface area contributed by atoms with Gasteiger partial charge in [-0.25, -0.2) is 0 Å². The van der Waals surface area contributed by atoms with Crippen LogP contribution >= 0.6 is 11.3 Å². The summed E-state index contributed by atoms with van der Waals surface area (Å²) < 4.78 is 0. The minimum Gasteiger partial charge on any atom is -0.314 e. The predicted octanol–water partition coefficient (Wildman–Crippen LogP) is 4.25. The third kappa shape index (κ3) is 3.38. The summed E-state index contributed by atoms with van der Waals surface area (Å²) in [7, 11) is 0. The van der Waals surface area contributed by atoms with Crippen molar-refractivity contribution in [1.82, 2.24) is 5.32 Å². The standard InChI is InChI=1S/C19H25NS/c1-3-17-9-10-18(21-17)13-19(20-4-2)16-11-14-7-5-6-8-15(14)12-16/h5-10,16,19-20H,3-4,11-13H2,1-2H3. The van der Waals surface area contributed by atoms with E-state index in [4.69, 9.17) is 0 Å². The van der Waals surface area contributed by atoms with E-state index in [-0.39, 0.29) is 0 Å². The zero-order chi connectivity index (χ0) is 14.7. The highest BCUT2D eigenvalue weighted by Gasteiger charge is 2.28. The van der Waals surface area contributed by atoms with Gasteiger partial charge >= 0.3 is 0 Å². The highest BCUT2D eigenvalue weighted by Crippen LogP contribution is 2.31. The zero-order valence-corrected chi connectivity index (χ0v) is 13.9. The van der Waals surface area contributed by atoms with Crippen molar-refractivity contribution < 1.29 is 0 Å². The second-order valence-corrected chi connectivity index (χ2v) is 7.28. The van der Waals surface area contributed by atoms with Gasteiger partial charge in [-0.15, -0.1) is 11.3 Å². The first-order valence-corrected chi connectivity index (χ1v) is 8.99. The molecule has 0 bridgehead atoms. The van der Waals surface area contributed by atoms with E-state index in [9.17, 15) is 0 Å². The highest BCUT2D eigenvalue weighted by molar-refractivity contribution is 7.11. The molecule has 2 aromatic rings. The van der Waals surface area contributed by atoms with Crippen molar-refractivity contribution in [3.63, 3.8) is 0 Å². The Balaban J connectivity index is 1.70. The van der Waals surface area contributed by atoms with Crippen LogP contribution in [0.5, 0.6) is 0 Å². The molecule has 1 nitrogen and oxygen atoms in total. The van der Waals surface area contributed by atoms with Crippen LogP contribution in [0.1, 0.15) is 34.7 Å². The largest absolute Gasteiger partial charge is 0.314 e. The van der Waals surface area contributed by atoms with E-state index >= 15 is 0 Å². The molecule has 1 atom stereocenters. The van der Waals surface area contributed by atoms with Crippen molar-refractivity contribution in [1.29, 1.82) is 0 Å². The van der Waals surface area contributed by atoms with Gasteiger partial charge in [-0.3, -0.25) is 0 Å². The van der Waals surface area contributed by atoms with Crippen LogP contribution in [0.2, 0.25) is 0 Å². The van der Waals surface area contributed by atoms with Gasteiger partial charge in [0, 0.05) is 15.8 Å². The van der Waals surface area contributed by atoms with Crippen LogP contribution in [0, 0.1) is 5.92 Å². The Hall–Kier alpha value is -1.12. The number of thiophene rings is 1. The number of hydrogen-bond acceptors (Lipinski definition) is 2. The predicted molar refractivity (Wildman–Crippen MR) is 92.2 cm³/mol. The molecule has 1 N–H and O–H groups in total. The van der Waals surface area contributed by atoms with E-state index in [2.05, 4.69) is 55.6 Å². The van der Waals surface area contributed by atoms with Gasteiger partial charge in [0.1, 0.15) is 0 Å². The molecule has 0 saturated heterocycles. The molecule has 1 unspecified atom stereocenters. The van der Waals surface area contributed by atoms with Crippen LogP contribution in [-0.4, -0.2) is 12.6 Å². The summed E-state index contributed by atoms with van der Waals surface area (Å²) in [6.07, 6.45) is 4.81. The Bertz CT molecular complexity index is 562. The molecule has 1 heterocycles. The molecule has 0 amide bonds. The summed E-state index contributed by atoms with van der Waals surface area (Å²) in [5.74, 6) is 0.745. The highest BCUT2D eigenvalue weighted by atomic mass is 32.1. The maximum absolute atomic E-state index is 3.74. The lowest BCUT2D eigenvalue weighted by molar-refractivity contribution is 0.369. The van der Waals surface area contributed by atoms with Crippen LogP contribution in [0.15, 0.2) is 36.4 Å². The van der Waals surface area contributed by atoms with Crippen molar-refractivity contribution in [2.75, 3.05) is 6.54 Å². The van der Waals surface area contributed by atoms with Crippen LogP contribution in [-0.2, 0) is 25.7 Å². The molecule has 1 aliphatic carbocycles. The molecule has 112 valence electrons. The van der Waals surface area contributed by atoms with Crippen molar-refractivity contribution >= 4 is 11.3 Å². The fraction of sp³-hybridized carbons (Fsp3) is 0.474. The summed E-state index contributed by atoms with van der Waals surface area (Å²) in [5.41, 5.74) is 3.12. The van der Waals surface area contributed by atoms with Gasteiger partial charge in [0.25, 0.3) is 0 Å². The zero-order valence-electron chi connectivity index (χ0n) is 13.1. The van der Waals surface area contributed by atoms with Crippen LogP contribution in [0.3, 0.4) is 0 Å². The van der Waals surface area contributed by atoms with E-state index in [1.54, 1.807) is 11.1 Å². The van der Waals surface area contributed by atoms with Gasteiger partial charge in [-0.2, -0.15) is 0 Å². The van der Waals surface area contributed by atoms with Gasteiger partial charge in [-0.1, -0.05) is 38.1 Å². The normalized spacial score (nSPS) is 16.1. The van der Waals surface area contributed by atoms with E-state index in [0.717, 1.165) is 18.9 Å². The van der Waals surface area contributed by atoms with E-state index in [1.807, 2.05) is 11.3 Å². The van der Waals surface area contributed by atoms with Gasteiger partial charge in [0.2, 0.25) is 0 Å². The lowest BCUT2D eigenvalue weighted by Crippen LogP contribution is -2.38. The van der Waals surface area contributed by atoms with Crippen LogP contribution in [0.4, 0.5) is 0 Å². The van der Waals surface area contributed by atoms with Gasteiger partial charge < -0.3 is 5.32 Å². The summed E-state index contributed by atoms with van der Waals surface area (Å²) in [4.78, 5) is 3.05. The lowest BCUT2D eigenvalue weighted by atomic mass is 9.93. The summed E-state index contributed by atoms with van der Waals surface area (Å²) in [5, 5.41) is 3.74. The molecule has 1 aliphatic rings. The lowest BCUT2D eigenvalue weighted by Gasteiger charge is -2.24. The van der Waals surface area contributed by atoms with Gasteiger partial charge in [0.15, 0.2) is 0 Å². The van der Waals surface area contributed by atoms with Gasteiger partial charge in [0.05, 0.1) is 0 Å². The summed E-state index contributed by atoms with van der Waals surface area (Å²) >= 11 is 1.99. The quantitative estimate of drug-likeness (QED) is 0.841. The fourth-order valence-electron chi connectivity index (χ4n) is 3.48. The second-order valence-electron chi connectivity index (χ2n) is 6.03. The van der Waals surface area contributed by atoms with E-state index < -0.39 is 0 Å². The molecule has 0 radical (unpaired) electrons. The number of nitrogens with one attached hydrogen (secondary N) is 1. The SMILES string of the molecule is CCNC(Cc1ccc(CC)s1)C1Cc2ccccc2C1. The first-order chi connectivity index (χ1) is 10.3. The molecular weight excluding hydrogens is 274 g/mol. The second kappa shape index (κ2) is 6.76. The molecule has 0 fully saturated rings. The number of benzene rings is 1. The van der Waals surface area contributed by atoms with Crippen LogP contribution < -0.4 is 5.32 Å². The van der Waals surface area contributed by atoms with E-state index in [0.29, 0.717) is 6.04 Å². The first-order valence-electron chi connectivity index (χ1n) is 8.18. The third-order valence-corrected chi connectivity index (χ3v) is 5.86. The fourth-order valence-corrected chi connectivity index (χ4v) is 4.50. The van der Waals surface area contributed by atoms with Crippen molar-refractivity contribution in [3.05, 3.63) is 57.3 Å². The topological polar surface area (TPSA) is 12.0 Å². The number of aryl methyl sites for hydroxylation is 1. The number of fused-ring (bicyclic) bond motifs is 1. The molecule has 0 saturated carbocycles. The molecule has 21 heavy (non-hydrogen) atoms. The molecular formula is C19H25NS. The molecule has 1 aromatic heterocycles. The third-order valence-electron chi connectivity index (χ3n) is 4.60. The molecule has 0 spiro atoms. The Labute approximate surface area is 132 Å². The minimum atomic E-state index is 0.603. The minimum absolute atomic E-state index is 0.603. The summed E-state index contributed by atoms with van der Waals surface area (Å²) in [6.45, 7) is 5.52. The Kier molecular flexibility index (Phi) is 4.77. The Morgan fingerprint density at radius 3 is 2.29 bits per heavy atom. The molecule has 1 aromatic carbocycles. The summed E-state index contributed by atoms with van der Waals surface area (Å²) in [6, 6.07) is 14.2. The van der Waals surface area contributed by atoms with Crippen molar-refractivity contribution in [2.45, 2.75) is 45.6 Å². The van der Waals surface area contributed by atoms with Crippen LogP contribution in [0.25, 0.3) is 0 Å². The Morgan fingerprint density at radius 1 is 1.05 bits per heavy atom. The monoisotopic (exact) mass is 299 g/mol. The molecule has 0 aliphatic heterocycles. The average Bonchev–Trinajstić information content (AvgIpc) is 3.12. The van der Waals surface area contributed by atoms with Crippen molar-refractivity contribution in [2.24, 2.45) is 5.92 Å². The van der Waals surface area contributed by atoms with Crippen molar-refractivity contribution in [3.8, 4) is 0 Å². The maximum Gasteiger partial charge on any atom is 0.0150 e. The molecule has 3 rings (SSSR count). The average molecular weight is 299 g/mol. The number of hydrogen-bond donors (Lipinski definition) is 1. The van der Waals surface area contributed by atoms with Gasteiger partial charge in [-0.05, 0) is 61.4 Å².